The van der Waals surface area contributed by atoms with Gasteiger partial charge in [-0.2, -0.15) is 0 Å². The zero-order valence-electron chi connectivity index (χ0n) is 23.4. The smallest absolute Gasteiger partial charge is 0.244 e. The summed E-state index contributed by atoms with van der Waals surface area (Å²) in [6.45, 7) is 2.23. The van der Waals surface area contributed by atoms with Crippen molar-refractivity contribution in [2.24, 2.45) is 4.99 Å². The average Bonchev–Trinajstić information content (AvgIpc) is 3.32. The number of fused-ring (bicyclic) bond motifs is 3. The van der Waals surface area contributed by atoms with Crippen LogP contribution in [0.25, 0.3) is 11.8 Å². The van der Waals surface area contributed by atoms with E-state index in [2.05, 4.69) is 20.8 Å². The zero-order chi connectivity index (χ0) is 30.5. The molecule has 0 aliphatic carbocycles. The molecule has 1 aromatic heterocycles. The third-order valence-electron chi connectivity index (χ3n) is 6.80. The number of nitrogens with one attached hydrogen (secondary N) is 2. The Balaban J connectivity index is 1.30. The minimum absolute atomic E-state index is 0.00145. The topological polar surface area (TPSA) is 151 Å². The second-order valence-corrected chi connectivity index (χ2v) is 10.2. The fourth-order valence-corrected chi connectivity index (χ4v) is 4.81. The van der Waals surface area contributed by atoms with Gasteiger partial charge in [0.25, 0.3) is 0 Å². The number of aromatic nitrogens is 3. The lowest BCUT2D eigenvalue weighted by molar-refractivity contribution is -0.122. The molecular weight excluding hydrogens is 572 g/mol. The summed E-state index contributed by atoms with van der Waals surface area (Å²) in [7, 11) is 1.60. The number of halogens is 1. The second kappa shape index (κ2) is 12.8. The summed E-state index contributed by atoms with van der Waals surface area (Å²) in [6.07, 6.45) is 2.80. The van der Waals surface area contributed by atoms with Gasteiger partial charge in [0.1, 0.15) is 17.6 Å². The number of ether oxygens (including phenoxy) is 1. The molecule has 1 aliphatic rings. The maximum atomic E-state index is 13.1. The van der Waals surface area contributed by atoms with Crippen molar-refractivity contribution >= 4 is 35.2 Å². The number of benzene rings is 3. The van der Waals surface area contributed by atoms with E-state index in [-0.39, 0.29) is 42.8 Å². The van der Waals surface area contributed by atoms with Gasteiger partial charge in [0.05, 0.1) is 24.9 Å². The lowest BCUT2D eigenvalue weighted by Crippen LogP contribution is -2.34. The van der Waals surface area contributed by atoms with Crippen molar-refractivity contribution in [3.8, 4) is 22.9 Å². The molecule has 4 aromatic rings. The van der Waals surface area contributed by atoms with Crippen molar-refractivity contribution in [3.05, 3.63) is 100 Å². The van der Waals surface area contributed by atoms with Gasteiger partial charge in [-0.15, -0.1) is 10.2 Å². The van der Waals surface area contributed by atoms with Crippen molar-refractivity contribution in [1.82, 2.24) is 25.4 Å². The quantitative estimate of drug-likeness (QED) is 0.129. The third kappa shape index (κ3) is 6.68. The molecule has 4 N–H and O–H groups in total. The highest BCUT2D eigenvalue weighted by Gasteiger charge is 2.30. The molecule has 0 radical (unpaired) electrons. The van der Waals surface area contributed by atoms with Crippen LogP contribution in [0, 0.1) is 6.92 Å². The van der Waals surface area contributed by atoms with Gasteiger partial charge < -0.3 is 25.6 Å². The molecule has 0 saturated heterocycles. The van der Waals surface area contributed by atoms with Crippen LogP contribution in [0.15, 0.2) is 71.7 Å². The largest absolute Gasteiger partial charge is 0.504 e. The molecule has 0 spiro atoms. The number of carbonyl (C=O) groups is 2. The molecule has 11 nitrogen and oxygen atoms in total. The zero-order valence-corrected chi connectivity index (χ0v) is 24.2. The highest BCUT2D eigenvalue weighted by Crippen LogP contribution is 2.34. The highest BCUT2D eigenvalue weighted by atomic mass is 35.5. The van der Waals surface area contributed by atoms with Gasteiger partial charge in [-0.25, -0.2) is 0 Å². The van der Waals surface area contributed by atoms with Crippen LogP contribution in [0.1, 0.15) is 40.8 Å². The molecule has 43 heavy (non-hydrogen) atoms. The number of aromatic hydroxyl groups is 2. The average molecular weight is 601 g/mol. The number of rotatable bonds is 9. The van der Waals surface area contributed by atoms with Crippen LogP contribution in [0.3, 0.4) is 0 Å². The van der Waals surface area contributed by atoms with E-state index < -0.39 is 6.04 Å². The van der Waals surface area contributed by atoms with Crippen LogP contribution < -0.4 is 15.4 Å². The molecule has 1 aliphatic heterocycles. The van der Waals surface area contributed by atoms with Crippen molar-refractivity contribution in [2.75, 3.05) is 20.2 Å². The molecule has 2 heterocycles. The first kappa shape index (κ1) is 29.3. The lowest BCUT2D eigenvalue weighted by atomic mass is 10.00. The number of aliphatic imine (C=N–C) groups is 1. The number of phenols is 2. The Morgan fingerprint density at radius 3 is 2.51 bits per heavy atom. The summed E-state index contributed by atoms with van der Waals surface area (Å²) in [5.74, 6) is 0.666. The minimum Gasteiger partial charge on any atom is -0.504 e. The van der Waals surface area contributed by atoms with Crippen LogP contribution in [0.4, 0.5) is 0 Å². The van der Waals surface area contributed by atoms with Crippen LogP contribution in [-0.2, 0) is 9.59 Å². The number of amides is 2. The Labute approximate surface area is 252 Å². The van der Waals surface area contributed by atoms with E-state index in [4.69, 9.17) is 21.3 Å². The highest BCUT2D eigenvalue weighted by molar-refractivity contribution is 6.30. The molecule has 3 aromatic carbocycles. The number of hydrogen-bond acceptors (Lipinski definition) is 8. The Hall–Kier alpha value is -5.16. The Kier molecular flexibility index (Phi) is 8.72. The second-order valence-electron chi connectivity index (χ2n) is 9.75. The Bertz CT molecular complexity index is 1730. The number of methoxy groups -OCH3 is 1. The number of phenolic OH excluding ortho intramolecular Hbond substituents is 2. The molecule has 2 amide bonds. The number of hydrogen-bond donors (Lipinski definition) is 4. The summed E-state index contributed by atoms with van der Waals surface area (Å²) in [6, 6.07) is 16.6. The van der Waals surface area contributed by atoms with Crippen molar-refractivity contribution in [1.29, 1.82) is 0 Å². The van der Waals surface area contributed by atoms with E-state index in [1.807, 2.05) is 41.8 Å². The molecule has 1 atom stereocenters. The first-order valence-corrected chi connectivity index (χ1v) is 13.8. The lowest BCUT2D eigenvalue weighted by Gasteiger charge is -2.14. The first-order valence-electron chi connectivity index (χ1n) is 13.4. The van der Waals surface area contributed by atoms with Crippen molar-refractivity contribution in [3.63, 3.8) is 0 Å². The van der Waals surface area contributed by atoms with Gasteiger partial charge in [-0.1, -0.05) is 29.8 Å². The van der Waals surface area contributed by atoms with Gasteiger partial charge >= 0.3 is 0 Å². The predicted molar refractivity (Wildman–Crippen MR) is 162 cm³/mol. The Morgan fingerprint density at radius 1 is 1.00 bits per heavy atom. The van der Waals surface area contributed by atoms with Crippen molar-refractivity contribution in [2.45, 2.75) is 19.4 Å². The van der Waals surface area contributed by atoms with Gasteiger partial charge in [0.15, 0.2) is 17.3 Å². The Morgan fingerprint density at radius 2 is 1.77 bits per heavy atom. The normalized spacial score (nSPS) is 13.9. The molecule has 0 fully saturated rings. The van der Waals surface area contributed by atoms with Crippen LogP contribution in [-0.4, -0.2) is 62.7 Å². The van der Waals surface area contributed by atoms with E-state index in [1.165, 1.54) is 24.3 Å². The van der Waals surface area contributed by atoms with E-state index in [9.17, 15) is 19.8 Å². The van der Waals surface area contributed by atoms with E-state index in [0.29, 0.717) is 33.7 Å². The fraction of sp³-hybridized carbons (Fsp3) is 0.194. The minimum atomic E-state index is -0.649. The number of carbonyl (C=O) groups excluding carboxylic acids is 2. The van der Waals surface area contributed by atoms with E-state index in [0.717, 1.165) is 16.8 Å². The van der Waals surface area contributed by atoms with Gasteiger partial charge in [-0.3, -0.25) is 19.1 Å². The molecule has 0 saturated carbocycles. The standard InChI is InChI=1S/C31H29ClN6O5/c1-18-36-37-31-24(17-29(42)34-14-13-33-28(41)12-4-19-3-11-26(39)27(40)15-19)35-30(20-5-7-21(32)8-6-20)23-16-22(43-2)9-10-25(23)38(18)31/h3-12,15-16,24,39-40H,13-14,17H2,1-2H3,(H,33,41)(H,34,42)/b12-4+/t24-/m0/s1. The van der Waals surface area contributed by atoms with Crippen LogP contribution in [0.2, 0.25) is 5.02 Å². The molecule has 220 valence electrons. The molecular formula is C31H29ClN6O5. The van der Waals surface area contributed by atoms with Crippen molar-refractivity contribution < 1.29 is 24.5 Å². The maximum absolute atomic E-state index is 13.1. The number of nitrogens with zero attached hydrogens (tertiary/aromatic N) is 4. The summed E-state index contributed by atoms with van der Waals surface area (Å²) in [5.41, 5.74) is 3.64. The summed E-state index contributed by atoms with van der Waals surface area (Å²) in [4.78, 5) is 30.3. The first-order chi connectivity index (χ1) is 20.7. The van der Waals surface area contributed by atoms with Crippen LogP contribution >= 0.6 is 11.6 Å². The van der Waals surface area contributed by atoms with Gasteiger partial charge in [0.2, 0.25) is 11.8 Å². The van der Waals surface area contributed by atoms with E-state index in [1.54, 1.807) is 25.3 Å². The molecule has 12 heteroatoms. The summed E-state index contributed by atoms with van der Waals surface area (Å²) >= 11 is 6.16. The SMILES string of the molecule is COc1ccc2c(c1)C(c1ccc(Cl)cc1)=N[C@@H](CC(=O)NCCNC(=O)/C=C/c1ccc(O)c(O)c1)c1nnc(C)n1-2. The van der Waals surface area contributed by atoms with Crippen LogP contribution in [0.5, 0.6) is 17.2 Å². The summed E-state index contributed by atoms with van der Waals surface area (Å²) < 4.78 is 7.40. The molecule has 5 rings (SSSR count). The van der Waals surface area contributed by atoms with Gasteiger partial charge in [-0.05, 0) is 61.0 Å². The monoisotopic (exact) mass is 600 g/mol. The fourth-order valence-electron chi connectivity index (χ4n) is 4.69. The number of aryl methyl sites for hydroxylation is 1. The predicted octanol–water partition coefficient (Wildman–Crippen LogP) is 3.88. The molecule has 0 unspecified atom stereocenters. The molecule has 0 bridgehead atoms. The third-order valence-corrected chi connectivity index (χ3v) is 7.05. The maximum Gasteiger partial charge on any atom is 0.244 e. The van der Waals surface area contributed by atoms with E-state index >= 15 is 0 Å². The van der Waals surface area contributed by atoms with Gasteiger partial charge in [0, 0.05) is 35.3 Å². The summed E-state index contributed by atoms with van der Waals surface area (Å²) in [5, 5.41) is 33.8.